The zero-order valence-corrected chi connectivity index (χ0v) is 15.9. The van der Waals surface area contributed by atoms with Crippen LogP contribution < -0.4 is 14.8 Å². The van der Waals surface area contributed by atoms with Crippen LogP contribution in [0.2, 0.25) is 0 Å². The molecule has 0 saturated carbocycles. The molecular weight excluding hydrogens is 397 g/mol. The Bertz CT molecular complexity index is 942. The fourth-order valence-electron chi connectivity index (χ4n) is 2.34. The summed E-state index contributed by atoms with van der Waals surface area (Å²) in [5.74, 6) is -0.903. The molecule has 6 nitrogen and oxygen atoms in total. The van der Waals surface area contributed by atoms with Crippen molar-refractivity contribution in [3.05, 3.63) is 53.6 Å². The van der Waals surface area contributed by atoms with Gasteiger partial charge in [-0.25, -0.2) is 13.1 Å². The van der Waals surface area contributed by atoms with Gasteiger partial charge in [-0.05, 0) is 55.3 Å². The number of rotatable bonds is 7. The minimum atomic E-state index is -4.79. The van der Waals surface area contributed by atoms with Gasteiger partial charge in [-0.3, -0.25) is 4.79 Å². The normalized spacial score (nSPS) is 11.9. The maximum absolute atomic E-state index is 12.3. The van der Waals surface area contributed by atoms with Gasteiger partial charge in [-0.15, -0.1) is 13.2 Å². The highest BCUT2D eigenvalue weighted by molar-refractivity contribution is 7.89. The zero-order chi connectivity index (χ0) is 20.9. The number of carbonyl (C=O) groups excluding carboxylic acids is 1. The molecule has 0 heterocycles. The Kier molecular flexibility index (Phi) is 6.68. The van der Waals surface area contributed by atoms with E-state index in [2.05, 4.69) is 14.8 Å². The molecule has 2 rings (SSSR count). The quantitative estimate of drug-likeness (QED) is 0.724. The SMILES string of the molecule is Cc1ccc(C)c(S(=O)(=O)NCCC(=O)Nc2ccc(OC(F)(F)F)cc2)c1. The summed E-state index contributed by atoms with van der Waals surface area (Å²) in [4.78, 5) is 12.1. The molecule has 10 heteroatoms. The molecule has 0 unspecified atom stereocenters. The Balaban J connectivity index is 1.88. The molecule has 152 valence electrons. The molecule has 0 aliphatic rings. The number of alkyl halides is 3. The highest BCUT2D eigenvalue weighted by Crippen LogP contribution is 2.24. The van der Waals surface area contributed by atoms with Crippen molar-refractivity contribution in [2.75, 3.05) is 11.9 Å². The minimum Gasteiger partial charge on any atom is -0.406 e. The first-order chi connectivity index (χ1) is 13.0. The number of benzene rings is 2. The number of sulfonamides is 1. The van der Waals surface area contributed by atoms with Crippen molar-refractivity contribution in [2.24, 2.45) is 0 Å². The van der Waals surface area contributed by atoms with Gasteiger partial charge in [0.15, 0.2) is 0 Å². The lowest BCUT2D eigenvalue weighted by molar-refractivity contribution is -0.274. The molecule has 0 aromatic heterocycles. The smallest absolute Gasteiger partial charge is 0.406 e. The molecule has 0 bridgehead atoms. The minimum absolute atomic E-state index is 0.128. The van der Waals surface area contributed by atoms with Crippen LogP contribution in [0.5, 0.6) is 5.75 Å². The van der Waals surface area contributed by atoms with E-state index in [9.17, 15) is 26.4 Å². The van der Waals surface area contributed by atoms with Crippen molar-refractivity contribution in [2.45, 2.75) is 31.5 Å². The molecule has 2 aromatic rings. The number of ether oxygens (including phenoxy) is 1. The number of carbonyl (C=O) groups is 1. The number of hydrogen-bond donors (Lipinski definition) is 2. The van der Waals surface area contributed by atoms with E-state index in [1.807, 2.05) is 0 Å². The van der Waals surface area contributed by atoms with Gasteiger partial charge in [0.05, 0.1) is 4.90 Å². The number of aryl methyl sites for hydroxylation is 2. The Hall–Kier alpha value is -2.59. The first-order valence-corrected chi connectivity index (χ1v) is 9.67. The predicted octanol–water partition coefficient (Wildman–Crippen LogP) is 3.51. The average molecular weight is 416 g/mol. The van der Waals surface area contributed by atoms with Gasteiger partial charge >= 0.3 is 6.36 Å². The largest absolute Gasteiger partial charge is 0.573 e. The molecule has 0 spiro atoms. The number of nitrogens with one attached hydrogen (secondary N) is 2. The monoisotopic (exact) mass is 416 g/mol. The molecular formula is C18H19F3N2O4S. The van der Waals surface area contributed by atoms with Crippen LogP contribution in [0.15, 0.2) is 47.4 Å². The Morgan fingerprint density at radius 2 is 1.71 bits per heavy atom. The summed E-state index contributed by atoms with van der Waals surface area (Å²) in [6.07, 6.45) is -4.94. The Morgan fingerprint density at radius 3 is 2.32 bits per heavy atom. The molecule has 0 radical (unpaired) electrons. The first kappa shape index (κ1) is 21.7. The van der Waals surface area contributed by atoms with Gasteiger partial charge in [-0.1, -0.05) is 12.1 Å². The molecule has 0 atom stereocenters. The third kappa shape index (κ3) is 6.54. The zero-order valence-electron chi connectivity index (χ0n) is 15.1. The average Bonchev–Trinajstić information content (AvgIpc) is 2.57. The van der Waals surface area contributed by atoms with E-state index in [-0.39, 0.29) is 23.5 Å². The summed E-state index contributed by atoms with van der Waals surface area (Å²) < 4.78 is 67.1. The van der Waals surface area contributed by atoms with Crippen LogP contribution >= 0.6 is 0 Å². The lowest BCUT2D eigenvalue weighted by Gasteiger charge is -2.11. The van der Waals surface area contributed by atoms with Crippen LogP contribution in [0, 0.1) is 13.8 Å². The standard InChI is InChI=1S/C18H19F3N2O4S/c1-12-3-4-13(2)16(11-12)28(25,26)22-10-9-17(24)23-14-5-7-15(8-6-14)27-18(19,20)21/h3-8,11,22H,9-10H2,1-2H3,(H,23,24). The molecule has 1 amide bonds. The van der Waals surface area contributed by atoms with E-state index in [4.69, 9.17) is 0 Å². The highest BCUT2D eigenvalue weighted by atomic mass is 32.2. The molecule has 2 aromatic carbocycles. The lowest BCUT2D eigenvalue weighted by atomic mass is 10.2. The fourth-order valence-corrected chi connectivity index (χ4v) is 3.70. The van der Waals surface area contributed by atoms with Crippen molar-refractivity contribution >= 4 is 21.6 Å². The second-order valence-corrected chi connectivity index (χ2v) is 7.77. The van der Waals surface area contributed by atoms with Crippen molar-refractivity contribution in [3.63, 3.8) is 0 Å². The van der Waals surface area contributed by atoms with Crippen LogP contribution in [0.3, 0.4) is 0 Å². The third-order valence-electron chi connectivity index (χ3n) is 3.65. The van der Waals surface area contributed by atoms with E-state index in [0.29, 0.717) is 5.56 Å². The maximum atomic E-state index is 12.3. The summed E-state index contributed by atoms with van der Waals surface area (Å²) in [5.41, 5.74) is 1.64. The lowest BCUT2D eigenvalue weighted by Crippen LogP contribution is -2.28. The van der Waals surface area contributed by atoms with E-state index in [1.54, 1.807) is 32.0 Å². The number of anilines is 1. The van der Waals surface area contributed by atoms with Crippen molar-refractivity contribution in [1.29, 1.82) is 0 Å². The molecule has 28 heavy (non-hydrogen) atoms. The van der Waals surface area contributed by atoms with E-state index in [1.165, 1.54) is 12.1 Å². The third-order valence-corrected chi connectivity index (χ3v) is 5.25. The second-order valence-electron chi connectivity index (χ2n) is 6.04. The Labute approximate surface area is 160 Å². The molecule has 0 aliphatic heterocycles. The fraction of sp³-hybridized carbons (Fsp3) is 0.278. The molecule has 0 fully saturated rings. The summed E-state index contributed by atoms with van der Waals surface area (Å²) in [5, 5.41) is 2.47. The van der Waals surface area contributed by atoms with E-state index >= 15 is 0 Å². The van der Waals surface area contributed by atoms with Gasteiger partial charge < -0.3 is 10.1 Å². The van der Waals surface area contributed by atoms with Crippen LogP contribution in [0.25, 0.3) is 0 Å². The van der Waals surface area contributed by atoms with Gasteiger partial charge in [-0.2, -0.15) is 0 Å². The van der Waals surface area contributed by atoms with Crippen molar-refractivity contribution < 1.29 is 31.1 Å². The van der Waals surface area contributed by atoms with Crippen molar-refractivity contribution in [1.82, 2.24) is 4.72 Å². The van der Waals surface area contributed by atoms with Crippen LogP contribution in [-0.4, -0.2) is 27.2 Å². The summed E-state index contributed by atoms with van der Waals surface area (Å²) in [6.45, 7) is 3.32. The van der Waals surface area contributed by atoms with E-state index < -0.39 is 28.0 Å². The molecule has 0 aliphatic carbocycles. The van der Waals surface area contributed by atoms with Crippen LogP contribution in [-0.2, 0) is 14.8 Å². The second kappa shape index (κ2) is 8.61. The predicted molar refractivity (Wildman–Crippen MR) is 97.5 cm³/mol. The number of halogens is 3. The van der Waals surface area contributed by atoms with Gasteiger partial charge in [0.1, 0.15) is 5.75 Å². The summed E-state index contributed by atoms with van der Waals surface area (Å²) in [6, 6.07) is 9.66. The number of amides is 1. The topological polar surface area (TPSA) is 84.5 Å². The first-order valence-electron chi connectivity index (χ1n) is 8.19. The Morgan fingerprint density at radius 1 is 1.07 bits per heavy atom. The number of hydrogen-bond acceptors (Lipinski definition) is 4. The van der Waals surface area contributed by atoms with E-state index in [0.717, 1.165) is 17.7 Å². The maximum Gasteiger partial charge on any atom is 0.573 e. The molecule has 2 N–H and O–H groups in total. The van der Waals surface area contributed by atoms with Gasteiger partial charge in [0, 0.05) is 18.7 Å². The van der Waals surface area contributed by atoms with Gasteiger partial charge in [0.2, 0.25) is 15.9 Å². The van der Waals surface area contributed by atoms with Crippen LogP contribution in [0.4, 0.5) is 18.9 Å². The molecule has 0 saturated heterocycles. The van der Waals surface area contributed by atoms with Gasteiger partial charge in [0.25, 0.3) is 0 Å². The van der Waals surface area contributed by atoms with Crippen molar-refractivity contribution in [3.8, 4) is 5.75 Å². The summed E-state index contributed by atoms with van der Waals surface area (Å²) in [7, 11) is -3.76. The van der Waals surface area contributed by atoms with Crippen LogP contribution in [0.1, 0.15) is 17.5 Å². The highest BCUT2D eigenvalue weighted by Gasteiger charge is 2.30. The summed E-state index contributed by atoms with van der Waals surface area (Å²) >= 11 is 0.